The maximum Gasteiger partial charge on any atom is 0.401 e. The van der Waals surface area contributed by atoms with Crippen LogP contribution in [0, 0.1) is 6.92 Å². The van der Waals surface area contributed by atoms with Crippen molar-refractivity contribution < 1.29 is 22.3 Å². The van der Waals surface area contributed by atoms with Crippen molar-refractivity contribution in [1.82, 2.24) is 15.2 Å². The van der Waals surface area contributed by atoms with Crippen molar-refractivity contribution in [3.63, 3.8) is 0 Å². The molecule has 1 aliphatic rings. The highest BCUT2D eigenvalue weighted by Gasteiger charge is 2.42. The zero-order valence-corrected chi connectivity index (χ0v) is 19.5. The van der Waals surface area contributed by atoms with Crippen molar-refractivity contribution in [3.05, 3.63) is 64.8 Å². The summed E-state index contributed by atoms with van der Waals surface area (Å²) in [5, 5.41) is 4.18. The van der Waals surface area contributed by atoms with Crippen LogP contribution >= 0.6 is 0 Å². The lowest BCUT2D eigenvalue weighted by Gasteiger charge is -2.41. The summed E-state index contributed by atoms with van der Waals surface area (Å²) in [5.41, 5.74) is 4.49. The van der Waals surface area contributed by atoms with Gasteiger partial charge in [-0.15, -0.1) is 0 Å². The molecular weight excluding hydrogens is 446 g/mol. The fourth-order valence-electron chi connectivity index (χ4n) is 4.81. The number of aromatic amines is 1. The molecule has 8 heteroatoms. The van der Waals surface area contributed by atoms with Gasteiger partial charge in [0.2, 0.25) is 0 Å². The third-order valence-corrected chi connectivity index (χ3v) is 6.43. The molecule has 0 spiro atoms. The number of halogens is 4. The Balaban J connectivity index is 1.68. The highest BCUT2D eigenvalue weighted by atomic mass is 19.4. The monoisotopic (exact) mass is 477 g/mol. The Morgan fingerprint density at radius 1 is 1.15 bits per heavy atom. The summed E-state index contributed by atoms with van der Waals surface area (Å²) in [4.78, 5) is 4.95. The normalized spacial score (nSPS) is 18.9. The minimum Gasteiger partial charge on any atom is -0.492 e. The number of fused-ring (bicyclic) bond motifs is 3. The Morgan fingerprint density at radius 3 is 2.71 bits per heavy atom. The first kappa shape index (κ1) is 24.5. The minimum atomic E-state index is -4.31. The fourth-order valence-corrected chi connectivity index (χ4v) is 4.81. The molecule has 0 saturated carbocycles. The number of alkyl halides is 4. The lowest BCUT2D eigenvalue weighted by molar-refractivity contribution is -0.155. The number of ether oxygens (including phenoxy) is 1. The molecule has 2 N–H and O–H groups in total. The molecular formula is C26H31F4N3O. The number of benzene rings is 2. The summed E-state index contributed by atoms with van der Waals surface area (Å²) in [7, 11) is 0. The molecule has 0 amide bonds. The van der Waals surface area contributed by atoms with E-state index < -0.39 is 18.8 Å². The van der Waals surface area contributed by atoms with Crippen LogP contribution in [0.1, 0.15) is 41.8 Å². The zero-order valence-electron chi connectivity index (χ0n) is 19.5. The maximum atomic E-state index is 13.6. The molecule has 2 aromatic carbocycles. The van der Waals surface area contributed by atoms with Gasteiger partial charge in [0, 0.05) is 29.2 Å². The van der Waals surface area contributed by atoms with Gasteiger partial charge in [-0.2, -0.15) is 13.2 Å². The summed E-state index contributed by atoms with van der Waals surface area (Å²) < 4.78 is 59.0. The van der Waals surface area contributed by atoms with Crippen molar-refractivity contribution >= 4 is 10.9 Å². The third-order valence-electron chi connectivity index (χ3n) is 6.43. The predicted octanol–water partition coefficient (Wildman–Crippen LogP) is 5.70. The summed E-state index contributed by atoms with van der Waals surface area (Å²) in [6, 6.07) is 12.7. The average molecular weight is 478 g/mol. The number of para-hydroxylation sites is 1. The minimum absolute atomic E-state index is 0.288. The number of aromatic nitrogens is 1. The molecule has 4 nitrogen and oxygen atoms in total. The molecule has 184 valence electrons. The van der Waals surface area contributed by atoms with Crippen molar-refractivity contribution in [2.75, 3.05) is 32.9 Å². The second-order valence-corrected chi connectivity index (χ2v) is 8.97. The summed E-state index contributed by atoms with van der Waals surface area (Å²) in [5.74, 6) is 0.646. The molecule has 0 saturated heterocycles. The van der Waals surface area contributed by atoms with Gasteiger partial charge in [0.1, 0.15) is 12.4 Å². The Labute approximate surface area is 197 Å². The van der Waals surface area contributed by atoms with Gasteiger partial charge >= 0.3 is 6.18 Å². The number of H-pyrrole nitrogens is 1. The van der Waals surface area contributed by atoms with E-state index >= 15 is 0 Å². The van der Waals surface area contributed by atoms with Crippen LogP contribution in [-0.4, -0.2) is 55.0 Å². The van der Waals surface area contributed by atoms with Crippen molar-refractivity contribution in [2.24, 2.45) is 0 Å². The molecule has 34 heavy (non-hydrogen) atoms. The Hall–Kier alpha value is -2.58. The first-order valence-corrected chi connectivity index (χ1v) is 11.7. The molecule has 1 aliphatic heterocycles. The van der Waals surface area contributed by atoms with Crippen molar-refractivity contribution in [3.8, 4) is 5.75 Å². The van der Waals surface area contributed by atoms with Crippen LogP contribution in [0.3, 0.4) is 0 Å². The molecule has 0 bridgehead atoms. The molecule has 0 radical (unpaired) electrons. The van der Waals surface area contributed by atoms with Gasteiger partial charge in [0.05, 0.1) is 19.3 Å². The third kappa shape index (κ3) is 5.39. The Kier molecular flexibility index (Phi) is 7.48. The van der Waals surface area contributed by atoms with Gasteiger partial charge in [0.15, 0.2) is 0 Å². The van der Waals surface area contributed by atoms with Gasteiger partial charge in [-0.25, -0.2) is 0 Å². The highest BCUT2D eigenvalue weighted by molar-refractivity contribution is 5.85. The van der Waals surface area contributed by atoms with E-state index in [-0.39, 0.29) is 12.7 Å². The Morgan fingerprint density at radius 2 is 1.94 bits per heavy atom. The SMILES string of the molecule is Cc1ccc([C@@H]2c3[nH]c4ccccc4c3C[C@@H](C)N2CC(F)(F)F)cc1OCCNCCCF. The average Bonchev–Trinajstić information content (AvgIpc) is 3.15. The van der Waals surface area contributed by atoms with Gasteiger partial charge in [-0.1, -0.05) is 30.3 Å². The first-order chi connectivity index (χ1) is 16.3. The smallest absolute Gasteiger partial charge is 0.401 e. The van der Waals surface area contributed by atoms with E-state index in [4.69, 9.17) is 4.74 Å². The van der Waals surface area contributed by atoms with Crippen LogP contribution in [0.5, 0.6) is 5.75 Å². The van der Waals surface area contributed by atoms with E-state index in [9.17, 15) is 17.6 Å². The van der Waals surface area contributed by atoms with E-state index in [2.05, 4.69) is 10.3 Å². The molecule has 0 fully saturated rings. The molecule has 0 aliphatic carbocycles. The zero-order chi connectivity index (χ0) is 24.3. The Bertz CT molecular complexity index is 1110. The predicted molar refractivity (Wildman–Crippen MR) is 126 cm³/mol. The van der Waals surface area contributed by atoms with E-state index in [1.165, 1.54) is 4.90 Å². The van der Waals surface area contributed by atoms with E-state index in [1.54, 1.807) is 0 Å². The topological polar surface area (TPSA) is 40.3 Å². The van der Waals surface area contributed by atoms with Gasteiger partial charge in [-0.05, 0) is 62.1 Å². The van der Waals surface area contributed by atoms with Gasteiger partial charge in [0.25, 0.3) is 0 Å². The highest BCUT2D eigenvalue weighted by Crippen LogP contribution is 2.42. The number of rotatable bonds is 9. The van der Waals surface area contributed by atoms with Crippen LogP contribution in [-0.2, 0) is 6.42 Å². The molecule has 0 unspecified atom stereocenters. The molecule has 1 aromatic heterocycles. The number of nitrogens with zero attached hydrogens (tertiary/aromatic N) is 1. The quantitative estimate of drug-likeness (QED) is 0.307. The summed E-state index contributed by atoms with van der Waals surface area (Å²) in [6.07, 6.45) is -3.31. The van der Waals surface area contributed by atoms with Crippen LogP contribution in [0.25, 0.3) is 10.9 Å². The lowest BCUT2D eigenvalue weighted by atomic mass is 9.88. The second kappa shape index (κ2) is 10.4. The van der Waals surface area contributed by atoms with Crippen LogP contribution in [0.15, 0.2) is 42.5 Å². The van der Waals surface area contributed by atoms with Gasteiger partial charge < -0.3 is 15.0 Å². The number of nitrogens with one attached hydrogen (secondary N) is 2. The first-order valence-electron chi connectivity index (χ1n) is 11.7. The summed E-state index contributed by atoms with van der Waals surface area (Å²) in [6.45, 7) is 3.96. The maximum absolute atomic E-state index is 13.6. The largest absolute Gasteiger partial charge is 0.492 e. The second-order valence-electron chi connectivity index (χ2n) is 8.97. The van der Waals surface area contributed by atoms with Crippen LogP contribution in [0.4, 0.5) is 17.6 Å². The van der Waals surface area contributed by atoms with E-state index in [0.29, 0.717) is 38.3 Å². The molecule has 3 aromatic rings. The van der Waals surface area contributed by atoms with Crippen molar-refractivity contribution in [1.29, 1.82) is 0 Å². The van der Waals surface area contributed by atoms with Gasteiger partial charge in [-0.3, -0.25) is 9.29 Å². The fraction of sp³-hybridized carbons (Fsp3) is 0.462. The molecule has 2 atom stereocenters. The lowest BCUT2D eigenvalue weighted by Crippen LogP contribution is -2.47. The van der Waals surface area contributed by atoms with Crippen LogP contribution < -0.4 is 10.1 Å². The summed E-state index contributed by atoms with van der Waals surface area (Å²) >= 11 is 0. The molecule has 2 heterocycles. The van der Waals surface area contributed by atoms with Crippen molar-refractivity contribution in [2.45, 2.75) is 44.9 Å². The van der Waals surface area contributed by atoms with Crippen LogP contribution in [0.2, 0.25) is 0 Å². The standard InChI is InChI=1S/C26H31F4N3O/c1-17-8-9-19(15-23(17)34-13-12-31-11-5-10-27)25-24-21(20-6-3-4-7-22(20)32-24)14-18(2)33(25)16-26(28,29)30/h3-4,6-9,15,18,25,31-32H,5,10-14,16H2,1-2H3/t18-,25-/m1/s1. The number of hydrogen-bond donors (Lipinski definition) is 2. The number of aryl methyl sites for hydroxylation is 1. The van der Waals surface area contributed by atoms with E-state index in [1.807, 2.05) is 56.3 Å². The van der Waals surface area contributed by atoms with E-state index in [0.717, 1.165) is 33.3 Å². The molecule has 4 rings (SSSR count). The number of hydrogen-bond acceptors (Lipinski definition) is 3.